The van der Waals surface area contributed by atoms with Crippen molar-refractivity contribution in [2.75, 3.05) is 0 Å². The Bertz CT molecular complexity index is 216. The number of nitrogens with one attached hydrogen (secondary N) is 2. The molecule has 0 radical (unpaired) electrons. The van der Waals surface area contributed by atoms with Crippen LogP contribution in [0.5, 0.6) is 0 Å². The molecule has 4 nitrogen and oxygen atoms in total. The van der Waals surface area contributed by atoms with Crippen LogP contribution in [0.3, 0.4) is 0 Å². The summed E-state index contributed by atoms with van der Waals surface area (Å²) in [5.74, 6) is 0.199. The second-order valence-electron chi connectivity index (χ2n) is 3.90. The molecule has 0 aliphatic heterocycles. The maximum Gasteiger partial charge on any atom is 0.315 e. The maximum atomic E-state index is 11.3. The van der Waals surface area contributed by atoms with Crippen LogP contribution in [-0.4, -0.2) is 23.1 Å². The third-order valence-electron chi connectivity index (χ3n) is 1.68. The summed E-state index contributed by atoms with van der Waals surface area (Å²) < 4.78 is 0. The smallest absolute Gasteiger partial charge is 0.315 e. The van der Waals surface area contributed by atoms with Crippen LogP contribution >= 0.6 is 12.2 Å². The van der Waals surface area contributed by atoms with Gasteiger partial charge in [0.05, 0.1) is 11.0 Å². The Morgan fingerprint density at radius 3 is 2.00 bits per heavy atom. The predicted molar refractivity (Wildman–Crippen MR) is 62.2 cm³/mol. The van der Waals surface area contributed by atoms with Gasteiger partial charge in [0.25, 0.3) is 0 Å². The van der Waals surface area contributed by atoms with E-state index in [2.05, 4.69) is 10.6 Å². The van der Waals surface area contributed by atoms with Gasteiger partial charge >= 0.3 is 6.03 Å². The summed E-state index contributed by atoms with van der Waals surface area (Å²) in [5, 5.41) is 5.45. The van der Waals surface area contributed by atoms with Gasteiger partial charge in [-0.25, -0.2) is 4.79 Å². The fraction of sp³-hybridized carbons (Fsp3) is 0.778. The molecule has 0 saturated heterocycles. The lowest BCUT2D eigenvalue weighted by Crippen LogP contribution is -2.51. The molecular formula is C9H19N3OS. The van der Waals surface area contributed by atoms with Gasteiger partial charge in [-0.3, -0.25) is 0 Å². The van der Waals surface area contributed by atoms with Crippen LogP contribution in [0.1, 0.15) is 27.7 Å². The summed E-state index contributed by atoms with van der Waals surface area (Å²) in [5.41, 5.74) is 5.51. The second kappa shape index (κ2) is 5.80. The zero-order chi connectivity index (χ0) is 11.3. The van der Waals surface area contributed by atoms with Gasteiger partial charge in [-0.1, -0.05) is 26.1 Å². The topological polar surface area (TPSA) is 67.2 Å². The number of urea groups is 1. The molecule has 82 valence electrons. The molecule has 0 rings (SSSR count). The molecule has 1 atom stereocenters. The van der Waals surface area contributed by atoms with Crippen LogP contribution in [-0.2, 0) is 0 Å². The number of rotatable bonds is 4. The van der Waals surface area contributed by atoms with Crippen molar-refractivity contribution < 1.29 is 4.79 Å². The molecule has 0 heterocycles. The number of hydrogen-bond donors (Lipinski definition) is 3. The second-order valence-corrected chi connectivity index (χ2v) is 4.37. The lowest BCUT2D eigenvalue weighted by Gasteiger charge is -2.21. The van der Waals surface area contributed by atoms with Gasteiger partial charge in [0.1, 0.15) is 0 Å². The average molecular weight is 217 g/mol. The Kier molecular flexibility index (Phi) is 5.45. The third-order valence-corrected chi connectivity index (χ3v) is 1.93. The maximum absolute atomic E-state index is 11.3. The van der Waals surface area contributed by atoms with Gasteiger partial charge in [-0.2, -0.15) is 0 Å². The number of carbonyl (C=O) groups excluding carboxylic acids is 1. The first-order chi connectivity index (χ1) is 6.34. The molecule has 0 aliphatic carbocycles. The van der Waals surface area contributed by atoms with Crippen molar-refractivity contribution in [2.45, 2.75) is 39.8 Å². The average Bonchev–Trinajstić information content (AvgIpc) is 1.97. The molecule has 0 aromatic rings. The van der Waals surface area contributed by atoms with Crippen LogP contribution in [0.25, 0.3) is 0 Å². The number of nitrogens with two attached hydrogens (primary N) is 1. The van der Waals surface area contributed by atoms with Crippen LogP contribution in [0.15, 0.2) is 0 Å². The quantitative estimate of drug-likeness (QED) is 0.616. The molecule has 14 heavy (non-hydrogen) atoms. The highest BCUT2D eigenvalue weighted by Crippen LogP contribution is 2.01. The summed E-state index contributed by atoms with van der Waals surface area (Å²) >= 11 is 4.86. The van der Waals surface area contributed by atoms with Gasteiger partial charge in [-0.05, 0) is 19.8 Å². The molecule has 0 spiro atoms. The monoisotopic (exact) mass is 217 g/mol. The first kappa shape index (κ1) is 13.2. The number of thiocarbonyl (C=S) groups is 1. The standard InChI is InChI=1S/C9H19N3OS/c1-5(2)7(8(10)14)12-9(13)11-6(3)4/h5-7H,1-4H3,(H2,10,14)(H2,11,12,13). The van der Waals surface area contributed by atoms with Crippen molar-refractivity contribution in [1.29, 1.82) is 0 Å². The van der Waals surface area contributed by atoms with Gasteiger partial charge in [-0.15, -0.1) is 0 Å². The summed E-state index contributed by atoms with van der Waals surface area (Å²) in [6, 6.07) is -0.371. The first-order valence-electron chi connectivity index (χ1n) is 4.71. The zero-order valence-electron chi connectivity index (χ0n) is 9.13. The molecule has 1 unspecified atom stereocenters. The minimum Gasteiger partial charge on any atom is -0.392 e. The Morgan fingerprint density at radius 1 is 1.21 bits per heavy atom. The van der Waals surface area contributed by atoms with Crippen molar-refractivity contribution in [2.24, 2.45) is 11.7 Å². The molecule has 0 fully saturated rings. The Hall–Kier alpha value is -0.840. The largest absolute Gasteiger partial charge is 0.392 e. The Labute approximate surface area is 90.6 Å². The van der Waals surface area contributed by atoms with Crippen molar-refractivity contribution in [3.63, 3.8) is 0 Å². The van der Waals surface area contributed by atoms with E-state index in [1.54, 1.807) is 0 Å². The van der Waals surface area contributed by atoms with E-state index in [1.165, 1.54) is 0 Å². The zero-order valence-corrected chi connectivity index (χ0v) is 9.94. The van der Waals surface area contributed by atoms with E-state index in [0.717, 1.165) is 0 Å². The van der Waals surface area contributed by atoms with E-state index in [1.807, 2.05) is 27.7 Å². The van der Waals surface area contributed by atoms with Crippen molar-refractivity contribution in [3.05, 3.63) is 0 Å². The van der Waals surface area contributed by atoms with E-state index in [9.17, 15) is 4.79 Å². The minimum atomic E-state index is -0.247. The van der Waals surface area contributed by atoms with Crippen LogP contribution in [0.2, 0.25) is 0 Å². The van der Waals surface area contributed by atoms with E-state index in [4.69, 9.17) is 18.0 Å². The summed E-state index contributed by atoms with van der Waals surface area (Å²) in [6.07, 6.45) is 0. The van der Waals surface area contributed by atoms with Gasteiger partial charge in [0, 0.05) is 6.04 Å². The highest BCUT2D eigenvalue weighted by atomic mass is 32.1. The lowest BCUT2D eigenvalue weighted by molar-refractivity contribution is 0.235. The summed E-state index contributed by atoms with van der Waals surface area (Å²) in [4.78, 5) is 11.7. The molecule has 0 aromatic heterocycles. The molecule has 5 heteroatoms. The van der Waals surface area contributed by atoms with E-state index in [-0.39, 0.29) is 24.0 Å². The first-order valence-corrected chi connectivity index (χ1v) is 5.11. The Morgan fingerprint density at radius 2 is 1.71 bits per heavy atom. The van der Waals surface area contributed by atoms with Gasteiger partial charge in [0.15, 0.2) is 0 Å². The fourth-order valence-electron chi connectivity index (χ4n) is 1.01. The van der Waals surface area contributed by atoms with E-state index in [0.29, 0.717) is 4.99 Å². The van der Waals surface area contributed by atoms with Gasteiger partial charge in [0.2, 0.25) is 0 Å². The van der Waals surface area contributed by atoms with Gasteiger partial charge < -0.3 is 16.4 Å². The molecular weight excluding hydrogens is 198 g/mol. The van der Waals surface area contributed by atoms with Crippen LogP contribution in [0.4, 0.5) is 4.79 Å². The highest BCUT2D eigenvalue weighted by molar-refractivity contribution is 7.80. The van der Waals surface area contributed by atoms with Crippen LogP contribution in [0, 0.1) is 5.92 Å². The molecule has 0 saturated carbocycles. The van der Waals surface area contributed by atoms with Crippen molar-refractivity contribution in [1.82, 2.24) is 10.6 Å². The predicted octanol–water partition coefficient (Wildman–Crippen LogP) is 1.00. The van der Waals surface area contributed by atoms with Crippen LogP contribution < -0.4 is 16.4 Å². The number of hydrogen-bond acceptors (Lipinski definition) is 2. The highest BCUT2D eigenvalue weighted by Gasteiger charge is 2.18. The normalized spacial score (nSPS) is 12.7. The SMILES string of the molecule is CC(C)NC(=O)NC(C(N)=S)C(C)C. The van der Waals surface area contributed by atoms with Crippen molar-refractivity contribution in [3.8, 4) is 0 Å². The minimum absolute atomic E-state index is 0.106. The fourth-order valence-corrected chi connectivity index (χ4v) is 1.34. The molecule has 0 bridgehead atoms. The lowest BCUT2D eigenvalue weighted by atomic mass is 10.1. The van der Waals surface area contributed by atoms with Crippen molar-refractivity contribution >= 4 is 23.2 Å². The summed E-state index contributed by atoms with van der Waals surface area (Å²) in [6.45, 7) is 7.70. The van der Waals surface area contributed by atoms with E-state index >= 15 is 0 Å². The Balaban J connectivity index is 4.17. The third kappa shape index (κ3) is 5.01. The number of carbonyl (C=O) groups is 1. The molecule has 0 aromatic carbocycles. The molecule has 2 amide bonds. The summed E-state index contributed by atoms with van der Waals surface area (Å²) in [7, 11) is 0. The van der Waals surface area contributed by atoms with E-state index < -0.39 is 0 Å². The molecule has 4 N–H and O–H groups in total. The molecule has 0 aliphatic rings. The number of amides is 2.